The summed E-state index contributed by atoms with van der Waals surface area (Å²) >= 11 is 1.62. The van der Waals surface area contributed by atoms with Crippen molar-refractivity contribution >= 4 is 17.4 Å². The topological polar surface area (TPSA) is 26.0 Å². The lowest BCUT2D eigenvalue weighted by Gasteiger charge is -2.05. The summed E-state index contributed by atoms with van der Waals surface area (Å²) in [5, 5.41) is 0. The van der Waals surface area contributed by atoms with Gasteiger partial charge in [-0.3, -0.25) is 0 Å². The van der Waals surface area contributed by atoms with Gasteiger partial charge in [0.15, 0.2) is 0 Å². The Morgan fingerprint density at radius 2 is 1.81 bits per heavy atom. The first-order valence-corrected chi connectivity index (χ1v) is 5.96. The first-order valence-electron chi connectivity index (χ1n) is 4.97. The number of nitrogen functional groups attached to an aromatic ring is 1. The molecule has 0 radical (unpaired) electrons. The van der Waals surface area contributed by atoms with E-state index in [1.807, 2.05) is 18.2 Å². The average Bonchev–Trinajstić information content (AvgIpc) is 2.29. The maximum atomic E-state index is 12.8. The highest BCUT2D eigenvalue weighted by Gasteiger charge is 2.01. The summed E-state index contributed by atoms with van der Waals surface area (Å²) < 4.78 is 12.8. The third kappa shape index (κ3) is 2.76. The highest BCUT2D eigenvalue weighted by Crippen LogP contribution is 2.28. The van der Waals surface area contributed by atoms with Gasteiger partial charge in [-0.15, -0.1) is 11.8 Å². The van der Waals surface area contributed by atoms with Crippen LogP contribution in [0.3, 0.4) is 0 Å². The van der Waals surface area contributed by atoms with E-state index in [1.54, 1.807) is 17.8 Å². The Hall–Kier alpha value is -1.48. The van der Waals surface area contributed by atoms with Crippen LogP contribution < -0.4 is 5.73 Å². The lowest BCUT2D eigenvalue weighted by molar-refractivity contribution is 0.627. The van der Waals surface area contributed by atoms with Crippen LogP contribution in [-0.2, 0) is 5.75 Å². The van der Waals surface area contributed by atoms with Gasteiger partial charge >= 0.3 is 0 Å². The molecule has 0 saturated carbocycles. The summed E-state index contributed by atoms with van der Waals surface area (Å²) in [5.74, 6) is 0.554. The lowest BCUT2D eigenvalue weighted by atomic mass is 10.2. The molecule has 0 heterocycles. The predicted molar refractivity (Wildman–Crippen MR) is 66.8 cm³/mol. The first kappa shape index (κ1) is 11.0. The molecule has 0 aliphatic rings. The van der Waals surface area contributed by atoms with Gasteiger partial charge in [-0.05, 0) is 23.8 Å². The van der Waals surface area contributed by atoms with Crippen molar-refractivity contribution in [3.8, 4) is 0 Å². The zero-order chi connectivity index (χ0) is 11.4. The van der Waals surface area contributed by atoms with Gasteiger partial charge in [0.25, 0.3) is 0 Å². The van der Waals surface area contributed by atoms with E-state index in [4.69, 9.17) is 5.73 Å². The second kappa shape index (κ2) is 5.03. The van der Waals surface area contributed by atoms with Crippen LogP contribution in [0.15, 0.2) is 53.4 Å². The largest absolute Gasteiger partial charge is 0.398 e. The fraction of sp³-hybridized carbons (Fsp3) is 0.0769. The van der Waals surface area contributed by atoms with E-state index in [9.17, 15) is 4.39 Å². The van der Waals surface area contributed by atoms with Gasteiger partial charge in [0.2, 0.25) is 0 Å². The molecule has 0 bridgehead atoms. The van der Waals surface area contributed by atoms with Gasteiger partial charge in [-0.25, -0.2) is 4.39 Å². The van der Waals surface area contributed by atoms with Crippen LogP contribution in [0.4, 0.5) is 10.1 Å². The third-order valence-corrected chi connectivity index (χ3v) is 3.37. The Balaban J connectivity index is 2.05. The van der Waals surface area contributed by atoms with Crippen molar-refractivity contribution < 1.29 is 4.39 Å². The minimum absolute atomic E-state index is 0.290. The molecular formula is C13H12FNS. The Kier molecular flexibility index (Phi) is 3.47. The first-order chi connectivity index (χ1) is 7.75. The Bertz CT molecular complexity index is 471. The van der Waals surface area contributed by atoms with Gasteiger partial charge in [-0.2, -0.15) is 0 Å². The number of rotatable bonds is 3. The third-order valence-electron chi connectivity index (χ3n) is 2.21. The highest BCUT2D eigenvalue weighted by molar-refractivity contribution is 7.98. The number of halogens is 1. The van der Waals surface area contributed by atoms with Crippen molar-refractivity contribution in [3.63, 3.8) is 0 Å². The predicted octanol–water partition coefficient (Wildman–Crippen LogP) is 3.70. The van der Waals surface area contributed by atoms with Crippen molar-refractivity contribution in [1.29, 1.82) is 0 Å². The Morgan fingerprint density at radius 3 is 2.50 bits per heavy atom. The van der Waals surface area contributed by atoms with E-state index in [1.165, 1.54) is 17.7 Å². The second-order valence-electron chi connectivity index (χ2n) is 3.46. The molecule has 16 heavy (non-hydrogen) atoms. The minimum atomic E-state index is -0.290. The van der Waals surface area contributed by atoms with E-state index in [-0.39, 0.29) is 5.82 Å². The van der Waals surface area contributed by atoms with Crippen LogP contribution in [0.2, 0.25) is 0 Å². The molecule has 0 atom stereocenters. The summed E-state index contributed by atoms with van der Waals surface area (Å²) in [4.78, 5) is 0.922. The summed E-state index contributed by atoms with van der Waals surface area (Å²) in [6, 6.07) is 14.6. The lowest BCUT2D eigenvalue weighted by Crippen LogP contribution is -1.90. The second-order valence-corrected chi connectivity index (χ2v) is 4.47. The van der Waals surface area contributed by atoms with Crippen molar-refractivity contribution in [3.05, 3.63) is 59.9 Å². The van der Waals surface area contributed by atoms with Crippen molar-refractivity contribution in [2.45, 2.75) is 10.6 Å². The van der Waals surface area contributed by atoms with E-state index in [0.717, 1.165) is 10.6 Å². The van der Waals surface area contributed by atoms with Gasteiger partial charge < -0.3 is 5.73 Å². The fourth-order valence-corrected chi connectivity index (χ4v) is 2.29. The maximum Gasteiger partial charge on any atom is 0.125 e. The van der Waals surface area contributed by atoms with Crippen molar-refractivity contribution in [1.82, 2.24) is 0 Å². The van der Waals surface area contributed by atoms with E-state index in [0.29, 0.717) is 5.69 Å². The molecule has 0 aliphatic carbocycles. The van der Waals surface area contributed by atoms with Crippen LogP contribution >= 0.6 is 11.8 Å². The molecule has 2 aromatic rings. The van der Waals surface area contributed by atoms with E-state index < -0.39 is 0 Å². The van der Waals surface area contributed by atoms with Crippen LogP contribution in [-0.4, -0.2) is 0 Å². The molecule has 0 aromatic heterocycles. The molecule has 1 nitrogen and oxygen atoms in total. The van der Waals surface area contributed by atoms with Crippen LogP contribution in [0, 0.1) is 5.82 Å². The van der Waals surface area contributed by atoms with E-state index in [2.05, 4.69) is 12.1 Å². The van der Waals surface area contributed by atoms with Crippen LogP contribution in [0.5, 0.6) is 0 Å². The molecule has 0 aliphatic heterocycles. The highest BCUT2D eigenvalue weighted by atomic mass is 32.2. The molecule has 2 aromatic carbocycles. The number of hydrogen-bond donors (Lipinski definition) is 1. The Morgan fingerprint density at radius 1 is 1.06 bits per heavy atom. The molecule has 0 amide bonds. The Labute approximate surface area is 98.5 Å². The number of anilines is 1. The monoisotopic (exact) mass is 233 g/mol. The standard InChI is InChI=1S/C13H12FNS/c14-11-6-7-13(12(15)8-11)16-9-10-4-2-1-3-5-10/h1-8H,9,15H2. The summed E-state index contributed by atoms with van der Waals surface area (Å²) in [6.07, 6.45) is 0. The van der Waals surface area contributed by atoms with Gasteiger partial charge in [-0.1, -0.05) is 30.3 Å². The van der Waals surface area contributed by atoms with Gasteiger partial charge in [0, 0.05) is 16.3 Å². The summed E-state index contributed by atoms with van der Waals surface area (Å²) in [5.41, 5.74) is 7.46. The van der Waals surface area contributed by atoms with Crippen LogP contribution in [0.25, 0.3) is 0 Å². The summed E-state index contributed by atoms with van der Waals surface area (Å²) in [6.45, 7) is 0. The molecule has 0 spiro atoms. The number of thioether (sulfide) groups is 1. The molecule has 0 fully saturated rings. The van der Waals surface area contributed by atoms with Gasteiger partial charge in [0.05, 0.1) is 0 Å². The quantitative estimate of drug-likeness (QED) is 0.646. The fourth-order valence-electron chi connectivity index (χ4n) is 1.39. The zero-order valence-corrected chi connectivity index (χ0v) is 9.51. The summed E-state index contributed by atoms with van der Waals surface area (Å²) in [7, 11) is 0. The molecule has 82 valence electrons. The molecule has 2 N–H and O–H groups in total. The number of benzene rings is 2. The molecule has 3 heteroatoms. The van der Waals surface area contributed by atoms with Gasteiger partial charge in [0.1, 0.15) is 5.82 Å². The van der Waals surface area contributed by atoms with Crippen LogP contribution in [0.1, 0.15) is 5.56 Å². The zero-order valence-electron chi connectivity index (χ0n) is 8.69. The maximum absolute atomic E-state index is 12.8. The number of nitrogens with two attached hydrogens (primary N) is 1. The van der Waals surface area contributed by atoms with Crippen molar-refractivity contribution in [2.75, 3.05) is 5.73 Å². The number of hydrogen-bond acceptors (Lipinski definition) is 2. The minimum Gasteiger partial charge on any atom is -0.398 e. The molecule has 2 rings (SSSR count). The van der Waals surface area contributed by atoms with E-state index >= 15 is 0 Å². The SMILES string of the molecule is Nc1cc(F)ccc1SCc1ccccc1. The molecule has 0 saturated heterocycles. The van der Waals surface area contributed by atoms with Crippen molar-refractivity contribution in [2.24, 2.45) is 0 Å². The average molecular weight is 233 g/mol. The normalized spacial score (nSPS) is 10.3. The smallest absolute Gasteiger partial charge is 0.125 e. The molecular weight excluding hydrogens is 221 g/mol. The molecule has 0 unspecified atom stereocenters.